The van der Waals surface area contributed by atoms with Crippen molar-refractivity contribution in [2.75, 3.05) is 6.61 Å². The van der Waals surface area contributed by atoms with Gasteiger partial charge in [-0.3, -0.25) is 0 Å². The van der Waals surface area contributed by atoms with E-state index in [4.69, 9.17) is 16.8 Å². The maximum Gasteiger partial charge on any atom is 0.131 e. The summed E-state index contributed by atoms with van der Waals surface area (Å²) in [5.74, 6) is 0. The van der Waals surface area contributed by atoms with E-state index in [1.54, 1.807) is 0 Å². The van der Waals surface area contributed by atoms with Crippen LogP contribution in [0.1, 0.15) is 6.42 Å². The molecule has 3 atom stereocenters. The van der Waals surface area contributed by atoms with E-state index in [0.717, 1.165) is 0 Å². The van der Waals surface area contributed by atoms with Gasteiger partial charge >= 0.3 is 0 Å². The van der Waals surface area contributed by atoms with Crippen LogP contribution in [-0.4, -0.2) is 30.1 Å². The number of hydrogen-bond acceptors (Lipinski definition) is 2. The summed E-state index contributed by atoms with van der Waals surface area (Å²) in [7, 11) is 0. The van der Waals surface area contributed by atoms with Crippen molar-refractivity contribution < 1.29 is 14.2 Å². The molecule has 2 nitrogen and oxygen atoms in total. The summed E-state index contributed by atoms with van der Waals surface area (Å²) in [6.07, 6.45) is -2.12. The van der Waals surface area contributed by atoms with Crippen LogP contribution in [0.25, 0.3) is 0 Å². The van der Waals surface area contributed by atoms with Gasteiger partial charge in [-0.1, -0.05) is 0 Å². The first kappa shape index (κ1) is 6.96. The molecule has 0 saturated carbocycles. The average molecular weight is 132 g/mol. The van der Waals surface area contributed by atoms with Gasteiger partial charge < -0.3 is 9.84 Å². The molecule has 52 valence electrons. The summed E-state index contributed by atoms with van der Waals surface area (Å²) in [6.45, 7) is 4.93. The third kappa shape index (κ3) is 1.40. The predicted octanol–water partition coefficient (Wildman–Crippen LogP) is 0.185. The number of alkyl halides is 1. The maximum absolute atomic E-state index is 12.5. The molecule has 1 aliphatic heterocycles. The van der Waals surface area contributed by atoms with Crippen molar-refractivity contribution in [2.24, 2.45) is 0 Å². The fraction of sp³-hybridized carbons (Fsp3) is 0.833. The van der Waals surface area contributed by atoms with Gasteiger partial charge in [0.05, 0.1) is 12.7 Å². The highest BCUT2D eigenvalue weighted by atomic mass is 19.1. The van der Waals surface area contributed by atoms with Gasteiger partial charge in [-0.15, -0.1) is 0 Å². The van der Waals surface area contributed by atoms with Crippen LogP contribution in [0.4, 0.5) is 4.39 Å². The lowest BCUT2D eigenvalue weighted by Gasteiger charge is -2.07. The number of aliphatic hydroxyl groups excluding tert-OH is 1. The van der Waals surface area contributed by atoms with Crippen molar-refractivity contribution in [2.45, 2.75) is 24.8 Å². The number of rotatable bonds is 1. The van der Waals surface area contributed by atoms with E-state index in [2.05, 4.69) is 0 Å². The molecule has 0 bridgehead atoms. The molecule has 3 heteroatoms. The molecule has 0 amide bonds. The van der Waals surface area contributed by atoms with E-state index < -0.39 is 18.4 Å². The Morgan fingerprint density at radius 1 is 1.78 bits per heavy atom. The normalized spacial score (nSPS) is 43.7. The molecule has 1 saturated heterocycles. The van der Waals surface area contributed by atoms with Crippen LogP contribution in [0, 0.1) is 6.92 Å². The molecule has 0 spiro atoms. The zero-order chi connectivity index (χ0) is 6.85. The molecule has 9 heavy (non-hydrogen) atoms. The lowest BCUT2D eigenvalue weighted by atomic mass is 10.2. The van der Waals surface area contributed by atoms with Gasteiger partial charge in [0.25, 0.3) is 0 Å². The minimum Gasteiger partial charge on any atom is -0.394 e. The van der Waals surface area contributed by atoms with Crippen molar-refractivity contribution in [3.8, 4) is 0 Å². The number of aliphatic hydroxyl groups is 1. The maximum atomic E-state index is 12.5. The number of ether oxygens (including phenoxy) is 1. The fourth-order valence-corrected chi connectivity index (χ4v) is 0.896. The van der Waals surface area contributed by atoms with Gasteiger partial charge in [-0.25, -0.2) is 4.39 Å². The highest BCUT2D eigenvalue weighted by Crippen LogP contribution is 2.21. The lowest BCUT2D eigenvalue weighted by molar-refractivity contribution is 0.00876. The van der Waals surface area contributed by atoms with Crippen LogP contribution in [-0.2, 0) is 4.74 Å². The second-order valence-electron chi connectivity index (χ2n) is 2.15. The molecule has 1 N–H and O–H groups in total. The molecule has 1 rings (SSSR count). The fourth-order valence-electron chi connectivity index (χ4n) is 0.896. The van der Waals surface area contributed by atoms with Gasteiger partial charge in [-0.05, 0) is 6.92 Å². The summed E-state index contributed by atoms with van der Waals surface area (Å²) in [5.41, 5.74) is 0. The van der Waals surface area contributed by atoms with Crippen molar-refractivity contribution in [1.82, 2.24) is 0 Å². The van der Waals surface area contributed by atoms with E-state index in [9.17, 15) is 4.39 Å². The van der Waals surface area contributed by atoms with Crippen LogP contribution in [0.3, 0.4) is 0 Å². The predicted molar refractivity (Wildman–Crippen MR) is 29.6 cm³/mol. The molecule has 1 aliphatic rings. The van der Waals surface area contributed by atoms with Gasteiger partial charge in [0, 0.05) is 6.42 Å². The zero-order valence-electron chi connectivity index (χ0n) is 4.96. The number of halogens is 1. The Morgan fingerprint density at radius 2 is 2.44 bits per heavy atom. The van der Waals surface area contributed by atoms with E-state index in [0.29, 0.717) is 0 Å². The SMILES string of the molecule is [CH]C1C[C@@H](F)[C@@H](CO)O1. The van der Waals surface area contributed by atoms with Crippen LogP contribution < -0.4 is 0 Å². The Balaban J connectivity index is 2.38. The zero-order valence-corrected chi connectivity index (χ0v) is 4.96. The Kier molecular flexibility index (Phi) is 2.03. The van der Waals surface area contributed by atoms with Gasteiger partial charge in [0.2, 0.25) is 0 Å². The first-order valence-electron chi connectivity index (χ1n) is 2.90. The van der Waals surface area contributed by atoms with E-state index in [1.807, 2.05) is 0 Å². The van der Waals surface area contributed by atoms with Gasteiger partial charge in [0.15, 0.2) is 0 Å². The van der Waals surface area contributed by atoms with Crippen molar-refractivity contribution in [3.63, 3.8) is 0 Å². The largest absolute Gasteiger partial charge is 0.394 e. The summed E-state index contributed by atoms with van der Waals surface area (Å²) < 4.78 is 17.2. The average Bonchev–Trinajstić information content (AvgIpc) is 2.10. The Bertz CT molecular complexity index is 97.1. The van der Waals surface area contributed by atoms with Crippen LogP contribution >= 0.6 is 0 Å². The molecule has 2 radical (unpaired) electrons. The first-order valence-corrected chi connectivity index (χ1v) is 2.90. The van der Waals surface area contributed by atoms with E-state index in [1.165, 1.54) is 0 Å². The first-order chi connectivity index (χ1) is 4.24. The Hall–Kier alpha value is -0.150. The molecular formula is C6H9FO2. The van der Waals surface area contributed by atoms with Crippen molar-refractivity contribution >= 4 is 0 Å². The molecular weight excluding hydrogens is 123 g/mol. The third-order valence-corrected chi connectivity index (χ3v) is 1.39. The molecule has 0 aliphatic carbocycles. The summed E-state index contributed by atoms with van der Waals surface area (Å²) in [6, 6.07) is 0. The summed E-state index contributed by atoms with van der Waals surface area (Å²) >= 11 is 0. The molecule has 0 aromatic rings. The van der Waals surface area contributed by atoms with Crippen LogP contribution in [0.5, 0.6) is 0 Å². The molecule has 0 aromatic carbocycles. The smallest absolute Gasteiger partial charge is 0.131 e. The summed E-state index contributed by atoms with van der Waals surface area (Å²) in [4.78, 5) is 0. The third-order valence-electron chi connectivity index (χ3n) is 1.39. The quantitative estimate of drug-likeness (QED) is 0.551. The molecule has 1 fully saturated rings. The van der Waals surface area contributed by atoms with Gasteiger partial charge in [0.1, 0.15) is 12.3 Å². The Labute approximate surface area is 53.6 Å². The van der Waals surface area contributed by atoms with Crippen molar-refractivity contribution in [3.05, 3.63) is 6.92 Å². The van der Waals surface area contributed by atoms with E-state index >= 15 is 0 Å². The minimum atomic E-state index is -1.09. The van der Waals surface area contributed by atoms with Crippen LogP contribution in [0.2, 0.25) is 0 Å². The highest BCUT2D eigenvalue weighted by molar-refractivity contribution is 4.82. The summed E-state index contributed by atoms with van der Waals surface area (Å²) in [5, 5.41) is 8.43. The monoisotopic (exact) mass is 132 g/mol. The second-order valence-corrected chi connectivity index (χ2v) is 2.15. The number of hydrogen-bond donors (Lipinski definition) is 1. The van der Waals surface area contributed by atoms with Gasteiger partial charge in [-0.2, -0.15) is 0 Å². The molecule has 0 aromatic heterocycles. The second kappa shape index (κ2) is 2.62. The molecule has 1 heterocycles. The highest BCUT2D eigenvalue weighted by Gasteiger charge is 2.32. The standard InChI is InChI=1S/C6H9FO2/c1-4-2-5(7)6(3-8)9-4/h1,4-6,8H,2-3H2/t4?,5-,6-/m1/s1. The van der Waals surface area contributed by atoms with E-state index in [-0.39, 0.29) is 13.0 Å². The Morgan fingerprint density at radius 3 is 2.67 bits per heavy atom. The molecule has 1 unspecified atom stereocenters. The van der Waals surface area contributed by atoms with Crippen LogP contribution in [0.15, 0.2) is 0 Å². The topological polar surface area (TPSA) is 29.5 Å². The van der Waals surface area contributed by atoms with Crippen molar-refractivity contribution in [1.29, 1.82) is 0 Å². The minimum absolute atomic E-state index is 0.200. The lowest BCUT2D eigenvalue weighted by Crippen LogP contribution is -2.21.